The predicted molar refractivity (Wildman–Crippen MR) is 68.2 cm³/mol. The molecule has 1 rings (SSSR count). The fourth-order valence-corrected chi connectivity index (χ4v) is 1.35. The molecule has 1 atom stereocenters. The molecule has 0 bridgehead atoms. The van der Waals surface area contributed by atoms with Crippen LogP contribution in [0.2, 0.25) is 0 Å². The zero-order valence-electron chi connectivity index (χ0n) is 10.0. The van der Waals surface area contributed by atoms with Gasteiger partial charge in [-0.1, -0.05) is 18.2 Å². The van der Waals surface area contributed by atoms with Crippen LogP contribution in [0.3, 0.4) is 0 Å². The lowest BCUT2D eigenvalue weighted by Crippen LogP contribution is -2.26. The van der Waals surface area contributed by atoms with E-state index in [4.69, 9.17) is 4.74 Å². The summed E-state index contributed by atoms with van der Waals surface area (Å²) < 4.78 is 19.5. The number of benzene rings is 1. The molecule has 0 saturated heterocycles. The van der Waals surface area contributed by atoms with Crippen molar-refractivity contribution in [1.82, 2.24) is 0 Å². The zero-order chi connectivity index (χ0) is 12.9. The minimum Gasteiger partial charge on any atom is -0.591 e. The lowest BCUT2D eigenvalue weighted by atomic mass is 10.2. The van der Waals surface area contributed by atoms with Crippen molar-refractivity contribution >= 4 is 23.7 Å². The third-order valence-corrected chi connectivity index (χ3v) is 3.16. The van der Waals surface area contributed by atoms with E-state index in [1.54, 1.807) is 51.1 Å². The van der Waals surface area contributed by atoms with Crippen LogP contribution in [-0.4, -0.2) is 21.7 Å². The van der Waals surface area contributed by atoms with Crippen molar-refractivity contribution in [2.24, 2.45) is 4.40 Å². The van der Waals surface area contributed by atoms with E-state index in [1.165, 1.54) is 0 Å². The van der Waals surface area contributed by atoms with Crippen LogP contribution in [0.5, 0.6) is 0 Å². The van der Waals surface area contributed by atoms with Gasteiger partial charge in [-0.15, -0.1) is 0 Å². The Hall–Kier alpha value is -1.33. The second-order valence-corrected chi connectivity index (χ2v) is 6.28. The fraction of sp³-hybridized carbons (Fsp3) is 0.333. The van der Waals surface area contributed by atoms with Crippen LogP contribution in [-0.2, 0) is 16.1 Å². The summed E-state index contributed by atoms with van der Waals surface area (Å²) in [6, 6.07) is 8.55. The molecule has 5 heteroatoms. The van der Waals surface area contributed by atoms with Crippen LogP contribution in [0, 0.1) is 0 Å². The Bertz CT molecular complexity index is 398. The van der Waals surface area contributed by atoms with E-state index in [2.05, 4.69) is 4.40 Å². The van der Waals surface area contributed by atoms with Crippen molar-refractivity contribution in [2.45, 2.75) is 25.5 Å². The van der Waals surface area contributed by atoms with E-state index >= 15 is 0 Å². The van der Waals surface area contributed by atoms with Crippen LogP contribution >= 0.6 is 0 Å². The van der Waals surface area contributed by atoms with Gasteiger partial charge in [0, 0.05) is 0 Å². The second kappa shape index (κ2) is 5.84. The predicted octanol–water partition coefficient (Wildman–Crippen LogP) is 2.33. The average molecular weight is 253 g/mol. The largest absolute Gasteiger partial charge is 0.591 e. The first-order valence-corrected chi connectivity index (χ1v) is 6.22. The summed E-state index contributed by atoms with van der Waals surface area (Å²) in [5.74, 6) is -0.514. The molecule has 0 aliphatic heterocycles. The Kier molecular flexibility index (Phi) is 4.72. The Morgan fingerprint density at radius 3 is 2.47 bits per heavy atom. The molecule has 0 radical (unpaired) electrons. The summed E-state index contributed by atoms with van der Waals surface area (Å²) in [5, 5.41) is 0. The topological polar surface area (TPSA) is 61.7 Å². The standard InChI is InChI=1S/C12H15NO3S/c1-12(2,3)17(15)13-9-16-11(14)10-7-5-4-6-8-10/h4-9H,1-3H3. The number of nitrogens with zero attached hydrogens (tertiary/aromatic N) is 1. The van der Waals surface area contributed by atoms with Crippen LogP contribution in [0.1, 0.15) is 31.1 Å². The molecule has 0 aliphatic rings. The van der Waals surface area contributed by atoms with Crippen molar-refractivity contribution in [2.75, 3.05) is 0 Å². The summed E-state index contributed by atoms with van der Waals surface area (Å²) >= 11 is -1.42. The molecule has 0 heterocycles. The smallest absolute Gasteiger partial charge is 0.344 e. The van der Waals surface area contributed by atoms with E-state index in [1.807, 2.05) is 0 Å². The van der Waals surface area contributed by atoms with E-state index in [0.29, 0.717) is 5.56 Å². The lowest BCUT2D eigenvalue weighted by Gasteiger charge is -2.17. The molecule has 1 unspecified atom stereocenters. The van der Waals surface area contributed by atoms with Crippen LogP contribution in [0.15, 0.2) is 34.7 Å². The molecule has 0 saturated carbocycles. The van der Waals surface area contributed by atoms with Crippen LogP contribution < -0.4 is 0 Å². The summed E-state index contributed by atoms with van der Waals surface area (Å²) in [7, 11) is 0. The SMILES string of the molecule is CC(C)(C)[S+]([O-])N=COC(=O)c1ccccc1. The third kappa shape index (κ3) is 4.58. The van der Waals surface area contributed by atoms with E-state index < -0.39 is 22.1 Å². The maximum Gasteiger partial charge on any atom is 0.344 e. The van der Waals surface area contributed by atoms with Gasteiger partial charge in [0.25, 0.3) is 0 Å². The van der Waals surface area contributed by atoms with E-state index in [9.17, 15) is 9.35 Å². The Labute approximate surface area is 104 Å². The quantitative estimate of drug-likeness (QED) is 0.359. The van der Waals surface area contributed by atoms with Gasteiger partial charge in [-0.05, 0) is 37.3 Å². The second-order valence-electron chi connectivity index (χ2n) is 4.34. The highest BCUT2D eigenvalue weighted by Gasteiger charge is 2.26. The number of rotatable bonds is 3. The molecule has 0 fully saturated rings. The molecule has 92 valence electrons. The van der Waals surface area contributed by atoms with Crippen molar-refractivity contribution in [3.05, 3.63) is 35.9 Å². The van der Waals surface area contributed by atoms with Gasteiger partial charge in [0.05, 0.1) is 5.56 Å². The molecule has 4 nitrogen and oxygen atoms in total. The normalized spacial score (nSPS) is 13.6. The molecule has 0 N–H and O–H groups in total. The van der Waals surface area contributed by atoms with Gasteiger partial charge in [0.1, 0.15) is 16.1 Å². The van der Waals surface area contributed by atoms with Crippen LogP contribution in [0.25, 0.3) is 0 Å². The molecule has 17 heavy (non-hydrogen) atoms. The first-order chi connectivity index (χ1) is 7.91. The summed E-state index contributed by atoms with van der Waals surface area (Å²) in [6.45, 7) is 5.37. The number of carbonyl (C=O) groups is 1. The molecule has 1 aromatic rings. The van der Waals surface area contributed by atoms with Gasteiger partial charge in [0.15, 0.2) is 0 Å². The maximum absolute atomic E-state index is 11.5. The summed E-state index contributed by atoms with van der Waals surface area (Å²) in [4.78, 5) is 11.5. The number of ether oxygens (including phenoxy) is 1. The zero-order valence-corrected chi connectivity index (χ0v) is 10.9. The average Bonchev–Trinajstić information content (AvgIpc) is 2.28. The van der Waals surface area contributed by atoms with Crippen molar-refractivity contribution in [3.8, 4) is 0 Å². The van der Waals surface area contributed by atoms with Gasteiger partial charge in [-0.25, -0.2) is 4.79 Å². The highest BCUT2D eigenvalue weighted by atomic mass is 32.2. The van der Waals surface area contributed by atoms with Crippen molar-refractivity contribution in [3.63, 3.8) is 0 Å². The third-order valence-electron chi connectivity index (χ3n) is 1.83. The minimum absolute atomic E-state index is 0.431. The van der Waals surface area contributed by atoms with Crippen LogP contribution in [0.4, 0.5) is 0 Å². The van der Waals surface area contributed by atoms with Gasteiger partial charge < -0.3 is 9.29 Å². The van der Waals surface area contributed by atoms with Gasteiger partial charge in [-0.3, -0.25) is 0 Å². The van der Waals surface area contributed by atoms with E-state index in [-0.39, 0.29) is 0 Å². The number of hydrogen-bond acceptors (Lipinski definition) is 4. The number of carbonyl (C=O) groups excluding carboxylic acids is 1. The van der Waals surface area contributed by atoms with Gasteiger partial charge in [-0.2, -0.15) is 0 Å². The number of esters is 1. The molecular weight excluding hydrogens is 238 g/mol. The van der Waals surface area contributed by atoms with E-state index in [0.717, 1.165) is 6.40 Å². The Balaban J connectivity index is 2.52. The van der Waals surface area contributed by atoms with Gasteiger partial charge >= 0.3 is 5.97 Å². The molecule has 0 spiro atoms. The fourth-order valence-electron chi connectivity index (χ4n) is 0.909. The minimum atomic E-state index is -1.42. The highest BCUT2D eigenvalue weighted by molar-refractivity contribution is 7.91. The Morgan fingerprint density at radius 2 is 1.94 bits per heavy atom. The monoisotopic (exact) mass is 253 g/mol. The van der Waals surface area contributed by atoms with Crippen molar-refractivity contribution < 1.29 is 14.1 Å². The summed E-state index contributed by atoms with van der Waals surface area (Å²) in [6.07, 6.45) is 0.941. The molecule has 0 amide bonds. The molecule has 0 aromatic heterocycles. The first-order valence-electron chi connectivity index (χ1n) is 5.12. The highest BCUT2D eigenvalue weighted by Crippen LogP contribution is 2.16. The number of hydrogen-bond donors (Lipinski definition) is 0. The summed E-state index contributed by atoms with van der Waals surface area (Å²) in [5.41, 5.74) is 0.431. The Morgan fingerprint density at radius 1 is 1.35 bits per heavy atom. The maximum atomic E-state index is 11.5. The lowest BCUT2D eigenvalue weighted by molar-refractivity contribution is 0.0728. The molecular formula is C12H15NO3S. The molecule has 0 aliphatic carbocycles. The van der Waals surface area contributed by atoms with Gasteiger partial charge in [0.2, 0.25) is 6.40 Å². The van der Waals surface area contributed by atoms with Crippen molar-refractivity contribution in [1.29, 1.82) is 0 Å². The first kappa shape index (κ1) is 13.7. The molecule has 1 aromatic carbocycles.